The minimum Gasteiger partial charge on any atom is -0.331 e. The van der Waals surface area contributed by atoms with Crippen molar-refractivity contribution in [2.75, 3.05) is 5.32 Å². The largest absolute Gasteiger partial charge is 0.331 e. The second-order valence-corrected chi connectivity index (χ2v) is 6.21. The number of nitrogens with zero attached hydrogens (tertiary/aromatic N) is 1. The van der Waals surface area contributed by atoms with Gasteiger partial charge in [0.25, 0.3) is 0 Å². The fraction of sp³-hybridized carbons (Fsp3) is 0.111. The van der Waals surface area contributed by atoms with E-state index in [0.29, 0.717) is 21.3 Å². The predicted molar refractivity (Wildman–Crippen MR) is 91.1 cm³/mol. The Morgan fingerprint density at radius 2 is 1.87 bits per heavy atom. The molecule has 116 valence electrons. The average Bonchev–Trinajstić information content (AvgIpc) is 2.91. The monoisotopic (exact) mass is 326 g/mol. The molecule has 0 bridgehead atoms. The first-order chi connectivity index (χ1) is 11.0. The van der Waals surface area contributed by atoms with Gasteiger partial charge in [-0.3, -0.25) is 4.79 Å². The highest BCUT2D eigenvalue weighted by Crippen LogP contribution is 2.29. The molecule has 0 aliphatic carbocycles. The summed E-state index contributed by atoms with van der Waals surface area (Å²) >= 11 is 1.30. The second kappa shape index (κ2) is 6.30. The summed E-state index contributed by atoms with van der Waals surface area (Å²) in [4.78, 5) is 17.6. The Morgan fingerprint density at radius 3 is 2.57 bits per heavy atom. The zero-order chi connectivity index (χ0) is 16.4. The lowest BCUT2D eigenvalue weighted by Crippen LogP contribution is -1.99. The van der Waals surface area contributed by atoms with E-state index >= 15 is 0 Å². The maximum atomic E-state index is 13.2. The summed E-state index contributed by atoms with van der Waals surface area (Å²) in [6.45, 7) is 3.64. The van der Waals surface area contributed by atoms with E-state index in [4.69, 9.17) is 0 Å². The Morgan fingerprint density at radius 1 is 1.13 bits per heavy atom. The molecule has 0 saturated heterocycles. The van der Waals surface area contributed by atoms with Gasteiger partial charge >= 0.3 is 0 Å². The van der Waals surface area contributed by atoms with Crippen LogP contribution in [0.2, 0.25) is 0 Å². The molecule has 0 saturated carbocycles. The van der Waals surface area contributed by atoms with Crippen LogP contribution in [0, 0.1) is 19.7 Å². The van der Waals surface area contributed by atoms with Gasteiger partial charge in [0, 0.05) is 11.3 Å². The predicted octanol–water partition coefficient (Wildman–Crippen LogP) is 4.87. The fourth-order valence-corrected chi connectivity index (χ4v) is 3.20. The van der Waals surface area contributed by atoms with Gasteiger partial charge in [0.15, 0.2) is 5.13 Å². The number of halogens is 1. The summed E-state index contributed by atoms with van der Waals surface area (Å²) in [7, 11) is 0. The van der Waals surface area contributed by atoms with Crippen LogP contribution in [0.4, 0.5) is 15.2 Å². The maximum absolute atomic E-state index is 13.2. The van der Waals surface area contributed by atoms with Crippen LogP contribution in [0.25, 0.3) is 0 Å². The van der Waals surface area contributed by atoms with Crippen LogP contribution >= 0.6 is 11.3 Å². The first-order valence-electron chi connectivity index (χ1n) is 7.15. The van der Waals surface area contributed by atoms with Crippen LogP contribution in [-0.2, 0) is 0 Å². The Kier molecular flexibility index (Phi) is 4.21. The molecule has 1 aromatic heterocycles. The zero-order valence-electron chi connectivity index (χ0n) is 12.8. The molecule has 0 unspecified atom stereocenters. The van der Waals surface area contributed by atoms with E-state index in [2.05, 4.69) is 10.3 Å². The van der Waals surface area contributed by atoms with E-state index < -0.39 is 0 Å². The SMILES string of the molecule is Cc1cc(F)ccc1Nc1nc(C)c(C(=O)c2ccccc2)s1. The molecule has 0 amide bonds. The molecule has 0 atom stereocenters. The summed E-state index contributed by atoms with van der Waals surface area (Å²) in [6, 6.07) is 13.7. The van der Waals surface area contributed by atoms with Crippen LogP contribution in [0.1, 0.15) is 26.5 Å². The van der Waals surface area contributed by atoms with E-state index in [-0.39, 0.29) is 11.6 Å². The number of aromatic nitrogens is 1. The third-order valence-corrected chi connectivity index (χ3v) is 4.54. The van der Waals surface area contributed by atoms with Crippen LogP contribution in [0.3, 0.4) is 0 Å². The molecule has 0 spiro atoms. The van der Waals surface area contributed by atoms with Crippen LogP contribution in [0.15, 0.2) is 48.5 Å². The number of benzene rings is 2. The lowest BCUT2D eigenvalue weighted by molar-refractivity contribution is 0.104. The van der Waals surface area contributed by atoms with Gasteiger partial charge in [-0.2, -0.15) is 0 Å². The number of rotatable bonds is 4. The lowest BCUT2D eigenvalue weighted by atomic mass is 10.1. The second-order valence-electron chi connectivity index (χ2n) is 5.21. The van der Waals surface area contributed by atoms with Gasteiger partial charge in [0.05, 0.1) is 10.6 Å². The highest BCUT2D eigenvalue weighted by atomic mass is 32.1. The molecule has 0 fully saturated rings. The number of anilines is 2. The van der Waals surface area contributed by atoms with Gasteiger partial charge < -0.3 is 5.32 Å². The van der Waals surface area contributed by atoms with E-state index in [1.807, 2.05) is 32.0 Å². The highest BCUT2D eigenvalue weighted by Gasteiger charge is 2.17. The van der Waals surface area contributed by atoms with Gasteiger partial charge in [-0.25, -0.2) is 9.37 Å². The zero-order valence-corrected chi connectivity index (χ0v) is 13.6. The van der Waals surface area contributed by atoms with Crippen molar-refractivity contribution in [3.05, 3.63) is 76.0 Å². The molecule has 3 rings (SSSR count). The summed E-state index contributed by atoms with van der Waals surface area (Å²) in [6.07, 6.45) is 0. The molecule has 0 aliphatic rings. The molecule has 3 nitrogen and oxygen atoms in total. The van der Waals surface area contributed by atoms with Crippen molar-refractivity contribution < 1.29 is 9.18 Å². The summed E-state index contributed by atoms with van der Waals surface area (Å²) in [5, 5.41) is 3.78. The Labute approximate surface area is 137 Å². The van der Waals surface area contributed by atoms with Gasteiger partial charge in [-0.1, -0.05) is 41.7 Å². The number of thiazole rings is 1. The van der Waals surface area contributed by atoms with E-state index in [1.54, 1.807) is 18.2 Å². The van der Waals surface area contributed by atoms with Crippen molar-refractivity contribution in [3.8, 4) is 0 Å². The molecule has 1 heterocycles. The molecule has 3 aromatic rings. The third kappa shape index (κ3) is 3.29. The molecular formula is C18H15FN2OS. The summed E-state index contributed by atoms with van der Waals surface area (Å²) < 4.78 is 13.2. The van der Waals surface area contributed by atoms with Crippen molar-refractivity contribution in [2.45, 2.75) is 13.8 Å². The van der Waals surface area contributed by atoms with Crippen LogP contribution in [-0.4, -0.2) is 10.8 Å². The van der Waals surface area contributed by atoms with Crippen molar-refractivity contribution in [2.24, 2.45) is 0 Å². The number of nitrogens with one attached hydrogen (secondary N) is 1. The van der Waals surface area contributed by atoms with Gasteiger partial charge in [-0.15, -0.1) is 0 Å². The van der Waals surface area contributed by atoms with Gasteiger partial charge in [-0.05, 0) is 37.6 Å². The standard InChI is InChI=1S/C18H15FN2OS/c1-11-10-14(19)8-9-15(11)21-18-20-12(2)17(23-18)16(22)13-6-4-3-5-7-13/h3-10H,1-2H3,(H,20,21). The maximum Gasteiger partial charge on any atom is 0.204 e. The Balaban J connectivity index is 1.88. The first-order valence-corrected chi connectivity index (χ1v) is 7.96. The average molecular weight is 326 g/mol. The number of ketones is 1. The molecule has 5 heteroatoms. The van der Waals surface area contributed by atoms with Crippen molar-refractivity contribution in [1.82, 2.24) is 4.98 Å². The van der Waals surface area contributed by atoms with Gasteiger partial charge in [0.1, 0.15) is 5.82 Å². The summed E-state index contributed by atoms with van der Waals surface area (Å²) in [5.74, 6) is -0.312. The number of hydrogen-bond donors (Lipinski definition) is 1. The minimum absolute atomic E-state index is 0.0375. The number of aryl methyl sites for hydroxylation is 2. The third-order valence-electron chi connectivity index (χ3n) is 3.47. The summed E-state index contributed by atoms with van der Waals surface area (Å²) in [5.41, 5.74) is 2.89. The van der Waals surface area contributed by atoms with Crippen molar-refractivity contribution in [3.63, 3.8) is 0 Å². The topological polar surface area (TPSA) is 42.0 Å². The van der Waals surface area contributed by atoms with Gasteiger partial charge in [0.2, 0.25) is 5.78 Å². The lowest BCUT2D eigenvalue weighted by Gasteiger charge is -2.06. The molecule has 0 radical (unpaired) electrons. The Bertz CT molecular complexity index is 859. The quantitative estimate of drug-likeness (QED) is 0.695. The first kappa shape index (κ1) is 15.4. The molecule has 0 aliphatic heterocycles. The fourth-order valence-electron chi connectivity index (χ4n) is 2.26. The van der Waals surface area contributed by atoms with E-state index in [1.165, 1.54) is 23.5 Å². The van der Waals surface area contributed by atoms with Crippen molar-refractivity contribution in [1.29, 1.82) is 0 Å². The Hall–Kier alpha value is -2.53. The minimum atomic E-state index is -0.275. The molecule has 1 N–H and O–H groups in total. The number of hydrogen-bond acceptors (Lipinski definition) is 4. The van der Waals surface area contributed by atoms with E-state index in [0.717, 1.165) is 11.3 Å². The number of carbonyl (C=O) groups is 1. The molecular weight excluding hydrogens is 311 g/mol. The number of carbonyl (C=O) groups excluding carboxylic acids is 1. The van der Waals surface area contributed by atoms with Crippen LogP contribution in [0.5, 0.6) is 0 Å². The molecule has 23 heavy (non-hydrogen) atoms. The molecule has 2 aromatic carbocycles. The van der Waals surface area contributed by atoms with Crippen molar-refractivity contribution >= 4 is 27.9 Å². The van der Waals surface area contributed by atoms with Crippen LogP contribution < -0.4 is 5.32 Å². The van der Waals surface area contributed by atoms with E-state index in [9.17, 15) is 9.18 Å². The normalized spacial score (nSPS) is 10.6. The smallest absolute Gasteiger partial charge is 0.204 e. The highest BCUT2D eigenvalue weighted by molar-refractivity contribution is 7.17.